The fraction of sp³-hybridized carbons (Fsp3) is 0.222. The van der Waals surface area contributed by atoms with E-state index in [9.17, 15) is 8.78 Å². The SMILES string of the molecule is N#Cc1cccc([C@H](N)C(F)F)c1. The highest BCUT2D eigenvalue weighted by atomic mass is 19.3. The van der Waals surface area contributed by atoms with Crippen molar-refractivity contribution in [3.05, 3.63) is 35.4 Å². The summed E-state index contributed by atoms with van der Waals surface area (Å²) in [5, 5.41) is 8.50. The summed E-state index contributed by atoms with van der Waals surface area (Å²) >= 11 is 0. The third-order valence-electron chi connectivity index (χ3n) is 1.67. The Morgan fingerprint density at radius 3 is 2.62 bits per heavy atom. The molecule has 68 valence electrons. The molecule has 4 heteroatoms. The fourth-order valence-corrected chi connectivity index (χ4v) is 0.961. The average molecular weight is 182 g/mol. The first kappa shape index (κ1) is 9.62. The van der Waals surface area contributed by atoms with Crippen LogP contribution in [0.25, 0.3) is 0 Å². The highest BCUT2D eigenvalue weighted by molar-refractivity contribution is 5.34. The van der Waals surface area contributed by atoms with Crippen LogP contribution >= 0.6 is 0 Å². The first-order valence-corrected chi connectivity index (χ1v) is 3.69. The standard InChI is InChI=1S/C9H8F2N2/c10-9(11)8(13)7-3-1-2-6(4-7)5-12/h1-4,8-9H,13H2/t8-/m0/s1. The van der Waals surface area contributed by atoms with E-state index in [1.54, 1.807) is 6.07 Å². The second-order valence-corrected chi connectivity index (χ2v) is 2.60. The van der Waals surface area contributed by atoms with Crippen LogP contribution in [0.1, 0.15) is 17.2 Å². The smallest absolute Gasteiger partial charge is 0.257 e. The Hall–Kier alpha value is -1.47. The lowest BCUT2D eigenvalue weighted by Gasteiger charge is -2.10. The molecule has 0 amide bonds. The number of rotatable bonds is 2. The second kappa shape index (κ2) is 3.97. The van der Waals surface area contributed by atoms with E-state index in [4.69, 9.17) is 11.0 Å². The first-order chi connectivity index (χ1) is 6.15. The van der Waals surface area contributed by atoms with Crippen LogP contribution in [0.4, 0.5) is 8.78 Å². The van der Waals surface area contributed by atoms with Gasteiger partial charge in [-0.05, 0) is 17.7 Å². The Labute approximate surface area is 74.6 Å². The van der Waals surface area contributed by atoms with E-state index in [1.807, 2.05) is 6.07 Å². The molecule has 1 atom stereocenters. The van der Waals surface area contributed by atoms with Gasteiger partial charge >= 0.3 is 0 Å². The molecule has 0 bridgehead atoms. The molecular weight excluding hydrogens is 174 g/mol. The summed E-state index contributed by atoms with van der Waals surface area (Å²) in [5.41, 5.74) is 5.83. The molecule has 0 aromatic heterocycles. The Balaban J connectivity index is 2.96. The number of halogens is 2. The lowest BCUT2D eigenvalue weighted by Crippen LogP contribution is -2.18. The predicted molar refractivity (Wildman–Crippen MR) is 44.1 cm³/mol. The van der Waals surface area contributed by atoms with Crippen molar-refractivity contribution in [1.82, 2.24) is 0 Å². The van der Waals surface area contributed by atoms with Crippen LogP contribution in [0.15, 0.2) is 24.3 Å². The van der Waals surface area contributed by atoms with Gasteiger partial charge in [0.1, 0.15) is 0 Å². The molecule has 0 saturated heterocycles. The Morgan fingerprint density at radius 2 is 2.08 bits per heavy atom. The van der Waals surface area contributed by atoms with Crippen LogP contribution in [0.5, 0.6) is 0 Å². The third-order valence-corrected chi connectivity index (χ3v) is 1.67. The molecular formula is C9H8F2N2. The van der Waals surface area contributed by atoms with Gasteiger partial charge in [-0.2, -0.15) is 5.26 Å². The largest absolute Gasteiger partial charge is 0.319 e. The third kappa shape index (κ3) is 2.23. The van der Waals surface area contributed by atoms with Crippen LogP contribution in [-0.2, 0) is 0 Å². The summed E-state index contributed by atoms with van der Waals surface area (Å²) in [4.78, 5) is 0. The minimum Gasteiger partial charge on any atom is -0.319 e. The van der Waals surface area contributed by atoms with Crippen LogP contribution in [-0.4, -0.2) is 6.43 Å². The van der Waals surface area contributed by atoms with E-state index in [0.717, 1.165) is 0 Å². The molecule has 0 radical (unpaired) electrons. The average Bonchev–Trinajstić information content (AvgIpc) is 2.16. The highest BCUT2D eigenvalue weighted by Crippen LogP contribution is 2.18. The van der Waals surface area contributed by atoms with E-state index in [1.165, 1.54) is 18.2 Å². The molecule has 1 aromatic carbocycles. The number of benzene rings is 1. The number of hydrogen-bond acceptors (Lipinski definition) is 2. The Kier molecular flexibility index (Phi) is 2.93. The van der Waals surface area contributed by atoms with Gasteiger partial charge in [0.25, 0.3) is 6.43 Å². The van der Waals surface area contributed by atoms with Crippen LogP contribution in [0, 0.1) is 11.3 Å². The van der Waals surface area contributed by atoms with Gasteiger partial charge in [-0.15, -0.1) is 0 Å². The number of nitriles is 1. The quantitative estimate of drug-likeness (QED) is 0.758. The number of hydrogen-bond donors (Lipinski definition) is 1. The molecule has 1 rings (SSSR count). The van der Waals surface area contributed by atoms with Gasteiger partial charge in [0.05, 0.1) is 17.7 Å². The zero-order valence-electron chi connectivity index (χ0n) is 6.74. The van der Waals surface area contributed by atoms with E-state index < -0.39 is 12.5 Å². The van der Waals surface area contributed by atoms with Crippen molar-refractivity contribution in [2.75, 3.05) is 0 Å². The van der Waals surface area contributed by atoms with Crippen LogP contribution in [0.3, 0.4) is 0 Å². The topological polar surface area (TPSA) is 49.8 Å². The molecule has 0 aliphatic carbocycles. The van der Waals surface area contributed by atoms with Gasteiger partial charge in [0, 0.05) is 0 Å². The van der Waals surface area contributed by atoms with E-state index in [-0.39, 0.29) is 5.56 Å². The molecule has 0 aliphatic heterocycles. The zero-order chi connectivity index (χ0) is 9.84. The Bertz CT molecular complexity index is 331. The monoisotopic (exact) mass is 182 g/mol. The summed E-state index contributed by atoms with van der Waals surface area (Å²) in [5.74, 6) is 0. The molecule has 0 fully saturated rings. The predicted octanol–water partition coefficient (Wildman–Crippen LogP) is 1.82. The van der Waals surface area contributed by atoms with Crippen molar-refractivity contribution in [2.24, 2.45) is 5.73 Å². The van der Waals surface area contributed by atoms with Crippen LogP contribution in [0.2, 0.25) is 0 Å². The molecule has 13 heavy (non-hydrogen) atoms. The van der Waals surface area contributed by atoms with Gasteiger partial charge in [-0.1, -0.05) is 12.1 Å². The minimum atomic E-state index is -2.60. The van der Waals surface area contributed by atoms with Gasteiger partial charge in [-0.25, -0.2) is 8.78 Å². The van der Waals surface area contributed by atoms with Crippen molar-refractivity contribution >= 4 is 0 Å². The number of nitrogens with two attached hydrogens (primary N) is 1. The summed E-state index contributed by atoms with van der Waals surface area (Å²) in [7, 11) is 0. The van der Waals surface area contributed by atoms with E-state index >= 15 is 0 Å². The van der Waals surface area contributed by atoms with Gasteiger partial charge in [0.2, 0.25) is 0 Å². The molecule has 0 saturated carbocycles. The lowest BCUT2D eigenvalue weighted by molar-refractivity contribution is 0.116. The highest BCUT2D eigenvalue weighted by Gasteiger charge is 2.17. The van der Waals surface area contributed by atoms with E-state index in [0.29, 0.717) is 5.56 Å². The van der Waals surface area contributed by atoms with Crippen molar-refractivity contribution < 1.29 is 8.78 Å². The van der Waals surface area contributed by atoms with Crippen molar-refractivity contribution in [2.45, 2.75) is 12.5 Å². The molecule has 0 aliphatic rings. The molecule has 2 nitrogen and oxygen atoms in total. The van der Waals surface area contributed by atoms with Crippen molar-refractivity contribution in [1.29, 1.82) is 5.26 Å². The fourth-order valence-electron chi connectivity index (χ4n) is 0.961. The molecule has 0 unspecified atom stereocenters. The first-order valence-electron chi connectivity index (χ1n) is 3.69. The molecule has 0 heterocycles. The van der Waals surface area contributed by atoms with Crippen molar-refractivity contribution in [3.63, 3.8) is 0 Å². The van der Waals surface area contributed by atoms with Gasteiger partial charge in [-0.3, -0.25) is 0 Å². The van der Waals surface area contributed by atoms with E-state index in [2.05, 4.69) is 0 Å². The minimum absolute atomic E-state index is 0.286. The summed E-state index contributed by atoms with van der Waals surface area (Å²) in [6, 6.07) is 6.49. The molecule has 2 N–H and O–H groups in total. The van der Waals surface area contributed by atoms with Gasteiger partial charge < -0.3 is 5.73 Å². The van der Waals surface area contributed by atoms with Crippen LogP contribution < -0.4 is 5.73 Å². The normalized spacial score (nSPS) is 12.5. The Morgan fingerprint density at radius 1 is 1.38 bits per heavy atom. The summed E-state index contributed by atoms with van der Waals surface area (Å²) in [6.07, 6.45) is -2.60. The number of nitrogens with zero attached hydrogens (tertiary/aromatic N) is 1. The maximum atomic E-state index is 12.1. The van der Waals surface area contributed by atoms with Gasteiger partial charge in [0.15, 0.2) is 0 Å². The maximum absolute atomic E-state index is 12.1. The summed E-state index contributed by atoms with van der Waals surface area (Å²) < 4.78 is 24.3. The zero-order valence-corrected chi connectivity index (χ0v) is 6.74. The maximum Gasteiger partial charge on any atom is 0.257 e. The second-order valence-electron chi connectivity index (χ2n) is 2.60. The number of alkyl halides is 2. The van der Waals surface area contributed by atoms with Crippen molar-refractivity contribution in [3.8, 4) is 6.07 Å². The lowest BCUT2D eigenvalue weighted by atomic mass is 10.1. The molecule has 0 spiro atoms. The molecule has 1 aromatic rings. The summed E-state index contributed by atoms with van der Waals surface area (Å²) in [6.45, 7) is 0.